The van der Waals surface area contributed by atoms with E-state index in [9.17, 15) is 14.4 Å². The van der Waals surface area contributed by atoms with Crippen LogP contribution in [0.1, 0.15) is 30.1 Å². The van der Waals surface area contributed by atoms with Gasteiger partial charge in [0.2, 0.25) is 0 Å². The lowest BCUT2D eigenvalue weighted by atomic mass is 10.1. The topological polar surface area (TPSA) is 83.5 Å². The van der Waals surface area contributed by atoms with Crippen molar-refractivity contribution in [2.75, 3.05) is 0 Å². The van der Waals surface area contributed by atoms with Crippen LogP contribution < -0.4 is 5.32 Å². The van der Waals surface area contributed by atoms with Crippen LogP contribution in [0.3, 0.4) is 0 Å². The molecule has 1 rings (SSSR count). The number of carbonyl (C=O) groups is 3. The predicted molar refractivity (Wildman–Crippen MR) is 70.3 cm³/mol. The van der Waals surface area contributed by atoms with E-state index in [0.717, 1.165) is 0 Å². The summed E-state index contributed by atoms with van der Waals surface area (Å²) in [7, 11) is 0. The van der Waals surface area contributed by atoms with Gasteiger partial charge in [-0.3, -0.25) is 4.79 Å². The van der Waals surface area contributed by atoms with Gasteiger partial charge in [-0.25, -0.2) is 4.79 Å². The zero-order chi connectivity index (χ0) is 14.4. The van der Waals surface area contributed by atoms with Gasteiger partial charge in [0.05, 0.1) is 10.6 Å². The average molecular weight is 284 g/mol. The largest absolute Gasteiger partial charge is 0.480 e. The zero-order valence-corrected chi connectivity index (χ0v) is 11.1. The fourth-order valence-corrected chi connectivity index (χ4v) is 1.71. The van der Waals surface area contributed by atoms with Crippen molar-refractivity contribution in [3.63, 3.8) is 0 Å². The number of amides is 1. The van der Waals surface area contributed by atoms with Crippen molar-refractivity contribution in [1.29, 1.82) is 0 Å². The second-order valence-corrected chi connectivity index (χ2v) is 4.49. The zero-order valence-electron chi connectivity index (χ0n) is 10.4. The average Bonchev–Trinajstić information content (AvgIpc) is 2.34. The summed E-state index contributed by atoms with van der Waals surface area (Å²) < 4.78 is 0. The van der Waals surface area contributed by atoms with Crippen LogP contribution in [0.25, 0.3) is 0 Å². The fourth-order valence-electron chi connectivity index (χ4n) is 1.49. The van der Waals surface area contributed by atoms with Crippen LogP contribution in [0.15, 0.2) is 24.3 Å². The molecule has 5 nitrogen and oxygen atoms in total. The minimum Gasteiger partial charge on any atom is -0.480 e. The van der Waals surface area contributed by atoms with Crippen molar-refractivity contribution in [3.8, 4) is 0 Å². The lowest BCUT2D eigenvalue weighted by Gasteiger charge is -2.14. The molecular formula is C13H14ClNO4. The fraction of sp³-hybridized carbons (Fsp3) is 0.308. The van der Waals surface area contributed by atoms with Gasteiger partial charge in [0.25, 0.3) is 5.91 Å². The van der Waals surface area contributed by atoms with E-state index in [-0.39, 0.29) is 29.2 Å². The first-order valence-electron chi connectivity index (χ1n) is 5.69. The second kappa shape index (κ2) is 6.89. The Balaban J connectivity index is 2.74. The van der Waals surface area contributed by atoms with Crippen LogP contribution in [0.4, 0.5) is 0 Å². The molecule has 0 heterocycles. The lowest BCUT2D eigenvalue weighted by molar-refractivity contribution is -0.139. The summed E-state index contributed by atoms with van der Waals surface area (Å²) in [5.41, 5.74) is 0.207. The first kappa shape index (κ1) is 15.2. The van der Waals surface area contributed by atoms with Gasteiger partial charge in [0.15, 0.2) is 0 Å². The number of ketones is 1. The third kappa shape index (κ3) is 4.71. The van der Waals surface area contributed by atoms with Crippen molar-refractivity contribution in [2.24, 2.45) is 0 Å². The maximum atomic E-state index is 11.9. The second-order valence-electron chi connectivity index (χ2n) is 4.08. The number of halogens is 1. The normalized spacial score (nSPS) is 11.7. The van der Waals surface area contributed by atoms with E-state index in [1.165, 1.54) is 13.0 Å². The van der Waals surface area contributed by atoms with E-state index < -0.39 is 17.9 Å². The Bertz CT molecular complexity index is 501. The number of carboxylic acid groups (broad SMARTS) is 1. The van der Waals surface area contributed by atoms with Crippen molar-refractivity contribution in [1.82, 2.24) is 5.32 Å². The van der Waals surface area contributed by atoms with Gasteiger partial charge in [-0.1, -0.05) is 23.7 Å². The first-order chi connectivity index (χ1) is 8.91. The van der Waals surface area contributed by atoms with E-state index in [4.69, 9.17) is 16.7 Å². The van der Waals surface area contributed by atoms with E-state index in [0.29, 0.717) is 0 Å². The lowest BCUT2D eigenvalue weighted by Crippen LogP contribution is -2.41. The highest BCUT2D eigenvalue weighted by molar-refractivity contribution is 6.33. The van der Waals surface area contributed by atoms with Gasteiger partial charge in [0, 0.05) is 6.42 Å². The quantitative estimate of drug-likeness (QED) is 0.835. The molecule has 1 aromatic carbocycles. The monoisotopic (exact) mass is 283 g/mol. The standard InChI is InChI=1S/C13H14ClNO4/c1-8(16)6-7-11(13(18)19)15-12(17)9-4-2-3-5-10(9)14/h2-5,11H,6-7H2,1H3,(H,15,17)(H,18,19)/t11-/m1/s1. The molecule has 0 spiro atoms. The minimum absolute atomic E-state index is 0.0564. The smallest absolute Gasteiger partial charge is 0.326 e. The summed E-state index contributed by atoms with van der Waals surface area (Å²) in [4.78, 5) is 33.7. The molecule has 0 bridgehead atoms. The highest BCUT2D eigenvalue weighted by atomic mass is 35.5. The molecule has 0 aromatic heterocycles. The molecule has 19 heavy (non-hydrogen) atoms. The molecule has 0 unspecified atom stereocenters. The van der Waals surface area contributed by atoms with Gasteiger partial charge in [-0.05, 0) is 25.5 Å². The van der Waals surface area contributed by atoms with E-state index in [1.54, 1.807) is 18.2 Å². The van der Waals surface area contributed by atoms with Gasteiger partial charge in [0.1, 0.15) is 11.8 Å². The highest BCUT2D eigenvalue weighted by Crippen LogP contribution is 2.15. The van der Waals surface area contributed by atoms with Crippen molar-refractivity contribution >= 4 is 29.3 Å². The number of benzene rings is 1. The summed E-state index contributed by atoms with van der Waals surface area (Å²) in [6.07, 6.45) is 0.153. The Kier molecular flexibility index (Phi) is 5.51. The van der Waals surface area contributed by atoms with Crippen molar-refractivity contribution in [2.45, 2.75) is 25.8 Å². The van der Waals surface area contributed by atoms with Crippen LogP contribution in [0, 0.1) is 0 Å². The summed E-state index contributed by atoms with van der Waals surface area (Å²) >= 11 is 5.85. The molecule has 0 saturated heterocycles. The third-order valence-corrected chi connectivity index (χ3v) is 2.84. The molecule has 1 aromatic rings. The van der Waals surface area contributed by atoms with E-state index in [2.05, 4.69) is 5.32 Å². The molecule has 2 N–H and O–H groups in total. The van der Waals surface area contributed by atoms with E-state index in [1.807, 2.05) is 0 Å². The van der Waals surface area contributed by atoms with Gasteiger partial charge in [-0.15, -0.1) is 0 Å². The Hall–Kier alpha value is -1.88. The minimum atomic E-state index is -1.18. The molecule has 1 atom stereocenters. The Labute approximate surface area is 115 Å². The Morgan fingerprint density at radius 1 is 1.32 bits per heavy atom. The number of aliphatic carboxylic acids is 1. The number of carboxylic acids is 1. The summed E-state index contributed by atoms with van der Waals surface area (Å²) in [5, 5.41) is 11.6. The Morgan fingerprint density at radius 2 is 1.95 bits per heavy atom. The van der Waals surface area contributed by atoms with Gasteiger partial charge in [-0.2, -0.15) is 0 Å². The SMILES string of the molecule is CC(=O)CC[C@@H](NC(=O)c1ccccc1Cl)C(=O)O. The Morgan fingerprint density at radius 3 is 2.47 bits per heavy atom. The number of nitrogens with one attached hydrogen (secondary N) is 1. The molecule has 6 heteroatoms. The highest BCUT2D eigenvalue weighted by Gasteiger charge is 2.21. The summed E-state index contributed by atoms with van der Waals surface area (Å²) in [6, 6.07) is 5.24. The summed E-state index contributed by atoms with van der Waals surface area (Å²) in [5.74, 6) is -1.87. The molecule has 102 valence electrons. The summed E-state index contributed by atoms with van der Waals surface area (Å²) in [6.45, 7) is 1.37. The van der Waals surface area contributed by atoms with Crippen molar-refractivity contribution in [3.05, 3.63) is 34.9 Å². The molecule has 0 aliphatic heterocycles. The molecular weight excluding hydrogens is 270 g/mol. The number of hydrogen-bond acceptors (Lipinski definition) is 3. The van der Waals surface area contributed by atoms with Crippen LogP contribution >= 0.6 is 11.6 Å². The maximum absolute atomic E-state index is 11.9. The molecule has 0 aliphatic carbocycles. The predicted octanol–water partition coefficient (Wildman–Crippen LogP) is 1.89. The van der Waals surface area contributed by atoms with Crippen LogP contribution in [0.2, 0.25) is 5.02 Å². The van der Waals surface area contributed by atoms with Crippen LogP contribution in [-0.4, -0.2) is 28.8 Å². The number of carbonyl (C=O) groups excluding carboxylic acids is 2. The molecule has 1 amide bonds. The van der Waals surface area contributed by atoms with E-state index >= 15 is 0 Å². The van der Waals surface area contributed by atoms with Crippen LogP contribution in [0.5, 0.6) is 0 Å². The first-order valence-corrected chi connectivity index (χ1v) is 6.07. The third-order valence-electron chi connectivity index (χ3n) is 2.51. The van der Waals surface area contributed by atoms with Gasteiger partial charge >= 0.3 is 5.97 Å². The maximum Gasteiger partial charge on any atom is 0.326 e. The number of hydrogen-bond donors (Lipinski definition) is 2. The number of rotatable bonds is 6. The molecule has 0 radical (unpaired) electrons. The molecule has 0 saturated carbocycles. The van der Waals surface area contributed by atoms with Crippen molar-refractivity contribution < 1.29 is 19.5 Å². The number of Topliss-reactive ketones (excluding diaryl/α,β-unsaturated/α-hetero) is 1. The molecule has 0 aliphatic rings. The van der Waals surface area contributed by atoms with Crippen LogP contribution in [-0.2, 0) is 9.59 Å². The van der Waals surface area contributed by atoms with Gasteiger partial charge < -0.3 is 15.2 Å². The molecule has 0 fully saturated rings.